The number of rotatable bonds is 5. The van der Waals surface area contributed by atoms with Crippen molar-refractivity contribution in [1.29, 1.82) is 0 Å². The zero-order valence-electron chi connectivity index (χ0n) is 10.1. The van der Waals surface area contributed by atoms with Gasteiger partial charge >= 0.3 is 16.9 Å². The number of aromatic amines is 1. The number of carboxylic acid groups (broad SMARTS) is 1. The highest BCUT2D eigenvalue weighted by Crippen LogP contribution is 2.03. The Balaban J connectivity index is 2.54. The van der Waals surface area contributed by atoms with Crippen molar-refractivity contribution >= 4 is 23.3 Å². The minimum Gasteiger partial charge on any atom is -0.480 e. The van der Waals surface area contributed by atoms with Crippen molar-refractivity contribution in [2.75, 3.05) is 7.05 Å². The highest BCUT2D eigenvalue weighted by atomic mass is 32.1. The van der Waals surface area contributed by atoms with Gasteiger partial charge in [0.2, 0.25) is 0 Å². The van der Waals surface area contributed by atoms with Crippen molar-refractivity contribution in [2.24, 2.45) is 0 Å². The molecule has 0 saturated carbocycles. The van der Waals surface area contributed by atoms with Gasteiger partial charge in [0, 0.05) is 18.1 Å². The number of H-pyrrole nitrogens is 1. The maximum Gasteiger partial charge on any atom is 0.326 e. The number of amides is 2. The first-order valence-corrected chi connectivity index (χ1v) is 6.23. The summed E-state index contributed by atoms with van der Waals surface area (Å²) in [5.41, 5.74) is 0.593. The average Bonchev–Trinajstić information content (AvgIpc) is 2.72. The Labute approximate surface area is 107 Å². The Morgan fingerprint density at radius 1 is 1.61 bits per heavy atom. The molecule has 1 aromatic heterocycles. The van der Waals surface area contributed by atoms with Gasteiger partial charge < -0.3 is 20.3 Å². The largest absolute Gasteiger partial charge is 0.480 e. The zero-order chi connectivity index (χ0) is 13.7. The molecule has 100 valence electrons. The highest BCUT2D eigenvalue weighted by Gasteiger charge is 2.24. The van der Waals surface area contributed by atoms with E-state index in [4.69, 9.17) is 5.11 Å². The fourth-order valence-electron chi connectivity index (χ4n) is 1.45. The fourth-order valence-corrected chi connectivity index (χ4v) is 2.03. The quantitative estimate of drug-likeness (QED) is 0.724. The van der Waals surface area contributed by atoms with E-state index in [0.29, 0.717) is 12.1 Å². The molecule has 1 unspecified atom stereocenters. The summed E-state index contributed by atoms with van der Waals surface area (Å²) in [5, 5.41) is 13.1. The van der Waals surface area contributed by atoms with Crippen LogP contribution in [0.1, 0.15) is 19.0 Å². The Morgan fingerprint density at radius 2 is 2.28 bits per heavy atom. The Kier molecular flexibility index (Phi) is 4.90. The predicted octanol–water partition coefficient (Wildman–Crippen LogP) is 0.441. The van der Waals surface area contributed by atoms with Crippen molar-refractivity contribution in [2.45, 2.75) is 25.9 Å². The number of hydrogen-bond donors (Lipinski definition) is 3. The van der Waals surface area contributed by atoms with Crippen LogP contribution in [0.3, 0.4) is 0 Å². The second kappa shape index (κ2) is 6.20. The monoisotopic (exact) mass is 273 g/mol. The Morgan fingerprint density at radius 3 is 2.72 bits per heavy atom. The lowest BCUT2D eigenvalue weighted by Crippen LogP contribution is -2.46. The van der Waals surface area contributed by atoms with E-state index in [1.165, 1.54) is 7.05 Å². The maximum atomic E-state index is 11.7. The molecular formula is C10H15N3O4S. The topological polar surface area (TPSA) is 102 Å². The summed E-state index contributed by atoms with van der Waals surface area (Å²) in [6.45, 7) is 1.86. The third kappa shape index (κ3) is 3.59. The Hall–Kier alpha value is -1.83. The molecule has 7 nitrogen and oxygen atoms in total. The van der Waals surface area contributed by atoms with Gasteiger partial charge in [0.1, 0.15) is 6.04 Å². The molecule has 0 fully saturated rings. The minimum absolute atomic E-state index is 0.165. The number of nitrogens with zero attached hydrogens (tertiary/aromatic N) is 1. The van der Waals surface area contributed by atoms with Crippen LogP contribution in [-0.2, 0) is 11.3 Å². The first-order valence-electron chi connectivity index (χ1n) is 5.35. The van der Waals surface area contributed by atoms with E-state index < -0.39 is 18.0 Å². The Bertz CT molecular complexity index is 481. The number of carbonyl (C=O) groups excluding carboxylic acids is 1. The van der Waals surface area contributed by atoms with Crippen molar-refractivity contribution < 1.29 is 14.7 Å². The molecular weight excluding hydrogens is 258 g/mol. The van der Waals surface area contributed by atoms with Crippen molar-refractivity contribution in [1.82, 2.24) is 15.2 Å². The molecule has 0 saturated heterocycles. The maximum absolute atomic E-state index is 11.7. The normalized spacial score (nSPS) is 11.9. The van der Waals surface area contributed by atoms with E-state index in [1.54, 1.807) is 12.3 Å². The standard InChI is InChI=1S/C10H15N3O4S/c1-3-7(8(14)15)13(2)9(16)11-4-6-5-18-10(17)12-6/h5,7H,3-4H2,1-2H3,(H,11,16)(H,12,17)(H,14,15). The number of nitrogens with one attached hydrogen (secondary N) is 2. The van der Waals surface area contributed by atoms with Crippen LogP contribution in [0.5, 0.6) is 0 Å². The van der Waals surface area contributed by atoms with E-state index >= 15 is 0 Å². The van der Waals surface area contributed by atoms with Gasteiger partial charge in [-0.1, -0.05) is 18.3 Å². The lowest BCUT2D eigenvalue weighted by atomic mass is 10.2. The molecule has 0 bridgehead atoms. The smallest absolute Gasteiger partial charge is 0.326 e. The molecule has 0 aliphatic heterocycles. The van der Waals surface area contributed by atoms with Crippen LogP contribution in [0.15, 0.2) is 10.2 Å². The molecule has 8 heteroatoms. The van der Waals surface area contributed by atoms with Gasteiger partial charge in [-0.25, -0.2) is 9.59 Å². The van der Waals surface area contributed by atoms with E-state index in [-0.39, 0.29) is 11.4 Å². The predicted molar refractivity (Wildman–Crippen MR) is 66.7 cm³/mol. The van der Waals surface area contributed by atoms with Gasteiger partial charge in [-0.05, 0) is 6.42 Å². The van der Waals surface area contributed by atoms with E-state index in [2.05, 4.69) is 10.3 Å². The molecule has 0 aliphatic rings. The summed E-state index contributed by atoms with van der Waals surface area (Å²) < 4.78 is 0. The molecule has 1 atom stereocenters. The molecule has 3 N–H and O–H groups in total. The number of aromatic nitrogens is 1. The molecule has 0 aliphatic carbocycles. The number of hydrogen-bond acceptors (Lipinski definition) is 4. The van der Waals surface area contributed by atoms with Crippen LogP contribution in [0.4, 0.5) is 4.79 Å². The molecule has 1 aromatic rings. The summed E-state index contributed by atoms with van der Waals surface area (Å²) in [5.74, 6) is -1.04. The van der Waals surface area contributed by atoms with Crippen LogP contribution in [0.2, 0.25) is 0 Å². The van der Waals surface area contributed by atoms with Crippen LogP contribution < -0.4 is 10.2 Å². The number of carbonyl (C=O) groups is 2. The first kappa shape index (κ1) is 14.2. The number of urea groups is 1. The SMILES string of the molecule is CCC(C(=O)O)N(C)C(=O)NCc1csc(=O)[nH]1. The summed E-state index contributed by atoms with van der Waals surface area (Å²) in [7, 11) is 1.42. The zero-order valence-corrected chi connectivity index (χ0v) is 10.9. The van der Waals surface area contributed by atoms with E-state index in [9.17, 15) is 14.4 Å². The van der Waals surface area contributed by atoms with Crippen LogP contribution in [0.25, 0.3) is 0 Å². The third-order valence-corrected chi connectivity index (χ3v) is 3.18. The lowest BCUT2D eigenvalue weighted by Gasteiger charge is -2.23. The van der Waals surface area contributed by atoms with Crippen molar-refractivity contribution in [3.05, 3.63) is 20.7 Å². The molecule has 1 rings (SSSR count). The summed E-state index contributed by atoms with van der Waals surface area (Å²) >= 11 is 1.01. The summed E-state index contributed by atoms with van der Waals surface area (Å²) in [4.78, 5) is 36.9. The highest BCUT2D eigenvalue weighted by molar-refractivity contribution is 7.07. The third-order valence-electron chi connectivity index (χ3n) is 2.46. The van der Waals surface area contributed by atoms with Crippen molar-refractivity contribution in [3.63, 3.8) is 0 Å². The first-order chi connectivity index (χ1) is 8.45. The van der Waals surface area contributed by atoms with Crippen molar-refractivity contribution in [3.8, 4) is 0 Å². The van der Waals surface area contributed by atoms with Gasteiger partial charge in [0.25, 0.3) is 0 Å². The van der Waals surface area contributed by atoms with E-state index in [1.807, 2.05) is 0 Å². The molecule has 1 heterocycles. The second-order valence-electron chi connectivity index (χ2n) is 3.71. The number of likely N-dealkylation sites (N-methyl/N-ethyl adjacent to an activating group) is 1. The molecule has 0 radical (unpaired) electrons. The minimum atomic E-state index is -1.04. The lowest BCUT2D eigenvalue weighted by molar-refractivity contribution is -0.141. The van der Waals surface area contributed by atoms with Gasteiger partial charge in [0.05, 0.1) is 6.54 Å². The van der Waals surface area contributed by atoms with Gasteiger partial charge in [-0.3, -0.25) is 4.79 Å². The van der Waals surface area contributed by atoms with Crippen LogP contribution >= 0.6 is 11.3 Å². The van der Waals surface area contributed by atoms with Crippen LogP contribution in [0, 0.1) is 0 Å². The fraction of sp³-hybridized carbons (Fsp3) is 0.500. The van der Waals surface area contributed by atoms with Gasteiger partial charge in [0.15, 0.2) is 0 Å². The van der Waals surface area contributed by atoms with Crippen LogP contribution in [-0.4, -0.2) is 40.1 Å². The molecule has 18 heavy (non-hydrogen) atoms. The number of carboxylic acids is 1. The van der Waals surface area contributed by atoms with Gasteiger partial charge in [-0.2, -0.15) is 0 Å². The summed E-state index contributed by atoms with van der Waals surface area (Å²) in [6.07, 6.45) is 0.328. The molecule has 2 amide bonds. The number of thiazole rings is 1. The van der Waals surface area contributed by atoms with E-state index in [0.717, 1.165) is 16.2 Å². The molecule has 0 spiro atoms. The summed E-state index contributed by atoms with van der Waals surface area (Å²) in [6, 6.07) is -1.34. The van der Waals surface area contributed by atoms with Gasteiger partial charge in [-0.15, -0.1) is 0 Å². The average molecular weight is 273 g/mol. The number of aliphatic carboxylic acids is 1. The second-order valence-corrected chi connectivity index (χ2v) is 4.55. The molecule has 0 aromatic carbocycles.